The highest BCUT2D eigenvalue weighted by atomic mass is 16.5. The van der Waals surface area contributed by atoms with Gasteiger partial charge in [0.25, 0.3) is 0 Å². The van der Waals surface area contributed by atoms with Crippen molar-refractivity contribution in [1.82, 2.24) is 0 Å². The van der Waals surface area contributed by atoms with Gasteiger partial charge in [-0.05, 0) is 39.2 Å². The molecule has 0 aliphatic rings. The second kappa shape index (κ2) is 6.41. The van der Waals surface area contributed by atoms with Crippen molar-refractivity contribution in [1.29, 1.82) is 0 Å². The summed E-state index contributed by atoms with van der Waals surface area (Å²) in [5, 5.41) is 0. The Morgan fingerprint density at radius 1 is 1.43 bits per heavy atom. The molecule has 0 saturated carbocycles. The predicted octanol–water partition coefficient (Wildman–Crippen LogP) is 3.24. The van der Waals surface area contributed by atoms with Crippen LogP contribution < -0.4 is 0 Å². The fourth-order valence-electron chi connectivity index (χ4n) is 1.08. The number of carbonyl (C=O) groups excluding carboxylic acids is 1. The smallest absolute Gasteiger partial charge is 0.303 e. The molecule has 0 aliphatic carbocycles. The fraction of sp³-hybridized carbons (Fsp3) is 0.583. The summed E-state index contributed by atoms with van der Waals surface area (Å²) in [4.78, 5) is 10.7. The molecule has 0 aromatic rings. The predicted molar refractivity (Wildman–Crippen MR) is 59.0 cm³/mol. The highest BCUT2D eigenvalue weighted by molar-refractivity contribution is 5.66. The summed E-state index contributed by atoms with van der Waals surface area (Å²) >= 11 is 0. The molecule has 0 bridgehead atoms. The van der Waals surface area contributed by atoms with Crippen molar-refractivity contribution < 1.29 is 9.53 Å². The van der Waals surface area contributed by atoms with E-state index in [-0.39, 0.29) is 12.1 Å². The van der Waals surface area contributed by atoms with Crippen LogP contribution in [0.2, 0.25) is 0 Å². The Hall–Kier alpha value is -1.05. The van der Waals surface area contributed by atoms with E-state index in [0.717, 1.165) is 18.4 Å². The summed E-state index contributed by atoms with van der Waals surface area (Å²) in [6, 6.07) is 0. The number of esters is 1. The van der Waals surface area contributed by atoms with E-state index in [0.29, 0.717) is 0 Å². The summed E-state index contributed by atoms with van der Waals surface area (Å²) < 4.78 is 5.01. The third-order valence-corrected chi connectivity index (χ3v) is 1.94. The normalized spacial score (nSPS) is 11.7. The molecule has 0 aromatic heterocycles. The van der Waals surface area contributed by atoms with Crippen LogP contribution in [0.25, 0.3) is 0 Å². The van der Waals surface area contributed by atoms with Gasteiger partial charge in [-0.2, -0.15) is 0 Å². The van der Waals surface area contributed by atoms with E-state index in [2.05, 4.69) is 26.5 Å². The number of rotatable bonds is 5. The molecule has 0 saturated heterocycles. The first-order valence-electron chi connectivity index (χ1n) is 4.91. The first kappa shape index (κ1) is 12.9. The average molecular weight is 196 g/mol. The van der Waals surface area contributed by atoms with E-state index in [1.54, 1.807) is 0 Å². The Balaban J connectivity index is 3.84. The maximum Gasteiger partial charge on any atom is 0.303 e. The fourth-order valence-corrected chi connectivity index (χ4v) is 1.08. The van der Waals surface area contributed by atoms with Crippen molar-refractivity contribution >= 4 is 5.97 Å². The van der Waals surface area contributed by atoms with Crippen molar-refractivity contribution in [3.63, 3.8) is 0 Å². The van der Waals surface area contributed by atoms with Crippen LogP contribution in [0.3, 0.4) is 0 Å². The Morgan fingerprint density at radius 2 is 2.00 bits per heavy atom. The number of carbonyl (C=O) groups is 1. The van der Waals surface area contributed by atoms with Crippen molar-refractivity contribution in [3.8, 4) is 0 Å². The first-order chi connectivity index (χ1) is 6.43. The topological polar surface area (TPSA) is 26.3 Å². The SMILES string of the molecule is C=C(CCC=C(C)C)C(C)OC(C)=O. The summed E-state index contributed by atoms with van der Waals surface area (Å²) in [5.74, 6) is -0.249. The zero-order chi connectivity index (χ0) is 11.1. The Kier molecular flexibility index (Phi) is 5.93. The average Bonchev–Trinajstić information content (AvgIpc) is 2.01. The summed E-state index contributed by atoms with van der Waals surface area (Å²) in [6.45, 7) is 11.3. The summed E-state index contributed by atoms with van der Waals surface area (Å²) in [6.07, 6.45) is 3.83. The van der Waals surface area contributed by atoms with Crippen LogP contribution in [0, 0.1) is 0 Å². The minimum absolute atomic E-state index is 0.168. The van der Waals surface area contributed by atoms with Gasteiger partial charge in [0.15, 0.2) is 0 Å². The maximum atomic E-state index is 10.7. The minimum Gasteiger partial charge on any atom is -0.458 e. The van der Waals surface area contributed by atoms with Gasteiger partial charge in [0.1, 0.15) is 6.10 Å². The molecular formula is C12H20O2. The van der Waals surface area contributed by atoms with Gasteiger partial charge in [0.05, 0.1) is 0 Å². The van der Waals surface area contributed by atoms with E-state index in [4.69, 9.17) is 4.74 Å². The molecule has 0 amide bonds. The van der Waals surface area contributed by atoms with Gasteiger partial charge in [-0.15, -0.1) is 0 Å². The number of hydrogen-bond acceptors (Lipinski definition) is 2. The van der Waals surface area contributed by atoms with Gasteiger partial charge >= 0.3 is 5.97 Å². The van der Waals surface area contributed by atoms with Crippen LogP contribution in [0.1, 0.15) is 40.5 Å². The first-order valence-corrected chi connectivity index (χ1v) is 4.91. The lowest BCUT2D eigenvalue weighted by Gasteiger charge is -2.13. The molecule has 1 unspecified atom stereocenters. The zero-order valence-electron chi connectivity index (χ0n) is 9.59. The van der Waals surface area contributed by atoms with E-state index >= 15 is 0 Å². The lowest BCUT2D eigenvalue weighted by Crippen LogP contribution is -2.14. The zero-order valence-corrected chi connectivity index (χ0v) is 9.59. The molecule has 0 N–H and O–H groups in total. The number of allylic oxidation sites excluding steroid dienone is 2. The van der Waals surface area contributed by atoms with Crippen molar-refractivity contribution in [2.45, 2.75) is 46.6 Å². The van der Waals surface area contributed by atoms with Gasteiger partial charge in [-0.3, -0.25) is 4.79 Å². The maximum absolute atomic E-state index is 10.7. The molecule has 1 atom stereocenters. The number of ether oxygens (including phenoxy) is 1. The Bertz CT molecular complexity index is 235. The van der Waals surface area contributed by atoms with Crippen molar-refractivity contribution in [2.75, 3.05) is 0 Å². The molecule has 80 valence electrons. The molecule has 0 spiro atoms. The number of hydrogen-bond donors (Lipinski definition) is 0. The van der Waals surface area contributed by atoms with Gasteiger partial charge in [-0.1, -0.05) is 18.2 Å². The molecule has 14 heavy (non-hydrogen) atoms. The van der Waals surface area contributed by atoms with Gasteiger partial charge in [0, 0.05) is 6.92 Å². The van der Waals surface area contributed by atoms with Crippen LogP contribution >= 0.6 is 0 Å². The van der Waals surface area contributed by atoms with E-state index < -0.39 is 0 Å². The van der Waals surface area contributed by atoms with Crippen molar-refractivity contribution in [2.24, 2.45) is 0 Å². The molecule has 0 aliphatic heterocycles. The molecule has 2 nitrogen and oxygen atoms in total. The largest absolute Gasteiger partial charge is 0.458 e. The van der Waals surface area contributed by atoms with Crippen LogP contribution in [0.5, 0.6) is 0 Å². The molecule has 2 heteroatoms. The molecular weight excluding hydrogens is 176 g/mol. The Labute approximate surface area is 86.6 Å². The van der Waals surface area contributed by atoms with Gasteiger partial charge in [-0.25, -0.2) is 0 Å². The highest BCUT2D eigenvalue weighted by Crippen LogP contribution is 2.12. The van der Waals surface area contributed by atoms with E-state index in [1.807, 2.05) is 6.92 Å². The van der Waals surface area contributed by atoms with Crippen LogP contribution in [0.4, 0.5) is 0 Å². The molecule has 0 fully saturated rings. The monoisotopic (exact) mass is 196 g/mol. The quantitative estimate of drug-likeness (QED) is 0.498. The van der Waals surface area contributed by atoms with Crippen LogP contribution in [-0.2, 0) is 9.53 Å². The lowest BCUT2D eigenvalue weighted by molar-refractivity contribution is -0.143. The summed E-state index contributed by atoms with van der Waals surface area (Å²) in [7, 11) is 0. The second-order valence-electron chi connectivity index (χ2n) is 3.73. The second-order valence-corrected chi connectivity index (χ2v) is 3.73. The molecule has 0 aromatic carbocycles. The van der Waals surface area contributed by atoms with E-state index in [9.17, 15) is 4.79 Å². The van der Waals surface area contributed by atoms with Gasteiger partial charge in [0.2, 0.25) is 0 Å². The summed E-state index contributed by atoms with van der Waals surface area (Å²) in [5.41, 5.74) is 2.27. The molecule has 0 radical (unpaired) electrons. The van der Waals surface area contributed by atoms with Crippen LogP contribution in [0.15, 0.2) is 23.8 Å². The highest BCUT2D eigenvalue weighted by Gasteiger charge is 2.08. The third-order valence-electron chi connectivity index (χ3n) is 1.94. The van der Waals surface area contributed by atoms with E-state index in [1.165, 1.54) is 12.5 Å². The minimum atomic E-state index is -0.249. The standard InChI is InChI=1S/C12H20O2/c1-9(2)7-6-8-10(3)11(4)14-12(5)13/h7,11H,3,6,8H2,1-2,4-5H3. The van der Waals surface area contributed by atoms with Crippen LogP contribution in [-0.4, -0.2) is 12.1 Å². The molecule has 0 rings (SSSR count). The third kappa shape index (κ3) is 6.46. The molecule has 0 heterocycles. The van der Waals surface area contributed by atoms with Crippen molar-refractivity contribution in [3.05, 3.63) is 23.8 Å². The van der Waals surface area contributed by atoms with Gasteiger partial charge < -0.3 is 4.74 Å². The lowest BCUT2D eigenvalue weighted by atomic mass is 10.1. The Morgan fingerprint density at radius 3 is 2.43 bits per heavy atom.